The van der Waals surface area contributed by atoms with Crippen molar-refractivity contribution in [3.8, 4) is 0 Å². The summed E-state index contributed by atoms with van der Waals surface area (Å²) >= 11 is 0. The predicted molar refractivity (Wildman–Crippen MR) is 66.1 cm³/mol. The number of amides is 1. The molecule has 0 spiro atoms. The number of nitrogens with one attached hydrogen (secondary N) is 1. The second kappa shape index (κ2) is 6.86. The van der Waals surface area contributed by atoms with E-state index in [2.05, 4.69) is 24.1 Å². The Labute approximate surface area is 98.6 Å². The molecule has 0 aromatic carbocycles. The summed E-state index contributed by atoms with van der Waals surface area (Å²) in [6.45, 7) is 7.85. The summed E-state index contributed by atoms with van der Waals surface area (Å²) in [6.07, 6.45) is 3.46. The number of carbonyl (C=O) groups is 1. The Hall–Kier alpha value is -0.610. The monoisotopic (exact) mass is 227 g/mol. The molecule has 4 heteroatoms. The Bertz CT molecular complexity index is 220. The third-order valence-electron chi connectivity index (χ3n) is 3.46. The lowest BCUT2D eigenvalue weighted by Gasteiger charge is -2.31. The van der Waals surface area contributed by atoms with Crippen LogP contribution in [0.2, 0.25) is 0 Å². The molecule has 1 amide bonds. The van der Waals surface area contributed by atoms with E-state index in [4.69, 9.17) is 5.73 Å². The van der Waals surface area contributed by atoms with Crippen molar-refractivity contribution in [3.63, 3.8) is 0 Å². The number of hydrogen-bond acceptors (Lipinski definition) is 3. The van der Waals surface area contributed by atoms with Crippen LogP contribution < -0.4 is 11.1 Å². The van der Waals surface area contributed by atoms with Gasteiger partial charge in [-0.3, -0.25) is 9.69 Å². The fourth-order valence-corrected chi connectivity index (χ4v) is 2.49. The zero-order valence-electron chi connectivity index (χ0n) is 10.5. The van der Waals surface area contributed by atoms with Gasteiger partial charge in [0.25, 0.3) is 0 Å². The van der Waals surface area contributed by atoms with Crippen LogP contribution in [0.25, 0.3) is 0 Å². The zero-order valence-corrected chi connectivity index (χ0v) is 10.5. The molecule has 1 fully saturated rings. The third-order valence-corrected chi connectivity index (χ3v) is 3.46. The van der Waals surface area contributed by atoms with E-state index in [1.54, 1.807) is 0 Å². The van der Waals surface area contributed by atoms with Gasteiger partial charge in [0.05, 0.1) is 6.54 Å². The van der Waals surface area contributed by atoms with Crippen LogP contribution in [0.1, 0.15) is 33.1 Å². The van der Waals surface area contributed by atoms with E-state index in [1.807, 2.05) is 0 Å². The molecule has 1 aliphatic rings. The SMILES string of the molecule is CCCCN(CC(N)=O)C1CNCC1CC. The van der Waals surface area contributed by atoms with Crippen molar-refractivity contribution in [2.24, 2.45) is 11.7 Å². The average Bonchev–Trinajstić information content (AvgIpc) is 2.71. The maximum Gasteiger partial charge on any atom is 0.231 e. The lowest BCUT2D eigenvalue weighted by Crippen LogP contribution is -2.45. The first kappa shape index (κ1) is 13.5. The number of carbonyl (C=O) groups excluding carboxylic acids is 1. The van der Waals surface area contributed by atoms with Crippen molar-refractivity contribution in [2.75, 3.05) is 26.2 Å². The number of nitrogens with zero attached hydrogens (tertiary/aromatic N) is 1. The lowest BCUT2D eigenvalue weighted by molar-refractivity contribution is -0.119. The quantitative estimate of drug-likeness (QED) is 0.668. The highest BCUT2D eigenvalue weighted by Gasteiger charge is 2.30. The Kier molecular flexibility index (Phi) is 5.77. The van der Waals surface area contributed by atoms with Gasteiger partial charge in [-0.1, -0.05) is 26.7 Å². The molecular formula is C12H25N3O. The van der Waals surface area contributed by atoms with Crippen LogP contribution >= 0.6 is 0 Å². The van der Waals surface area contributed by atoms with Gasteiger partial charge in [0.15, 0.2) is 0 Å². The maximum absolute atomic E-state index is 11.1. The Morgan fingerprint density at radius 1 is 1.44 bits per heavy atom. The van der Waals surface area contributed by atoms with Crippen LogP contribution in [0.15, 0.2) is 0 Å². The minimum Gasteiger partial charge on any atom is -0.369 e. The van der Waals surface area contributed by atoms with Gasteiger partial charge in [0, 0.05) is 12.6 Å². The smallest absolute Gasteiger partial charge is 0.231 e. The van der Waals surface area contributed by atoms with Crippen LogP contribution in [0.3, 0.4) is 0 Å². The Morgan fingerprint density at radius 2 is 2.19 bits per heavy atom. The van der Waals surface area contributed by atoms with Crippen molar-refractivity contribution in [3.05, 3.63) is 0 Å². The summed E-state index contributed by atoms with van der Waals surface area (Å²) in [4.78, 5) is 13.3. The largest absolute Gasteiger partial charge is 0.369 e. The minimum absolute atomic E-state index is 0.210. The molecule has 0 aromatic heterocycles. The van der Waals surface area contributed by atoms with Gasteiger partial charge in [-0.25, -0.2) is 0 Å². The minimum atomic E-state index is -0.210. The molecule has 1 heterocycles. The maximum atomic E-state index is 11.1. The molecule has 0 aromatic rings. The molecule has 94 valence electrons. The third kappa shape index (κ3) is 3.76. The first-order valence-electron chi connectivity index (χ1n) is 6.42. The molecule has 0 bridgehead atoms. The summed E-state index contributed by atoms with van der Waals surface area (Å²) in [5.41, 5.74) is 5.32. The average molecular weight is 227 g/mol. The molecule has 0 saturated carbocycles. The highest BCUT2D eigenvalue weighted by Crippen LogP contribution is 2.19. The second-order valence-corrected chi connectivity index (χ2v) is 4.68. The van der Waals surface area contributed by atoms with Gasteiger partial charge >= 0.3 is 0 Å². The van der Waals surface area contributed by atoms with Crippen LogP contribution in [0.4, 0.5) is 0 Å². The number of primary amides is 1. The standard InChI is InChI=1S/C12H25N3O/c1-3-5-6-15(9-12(13)16)11-8-14-7-10(11)4-2/h10-11,14H,3-9H2,1-2H3,(H2,13,16). The molecule has 1 rings (SSSR count). The van der Waals surface area contributed by atoms with Crippen LogP contribution in [-0.2, 0) is 4.79 Å². The van der Waals surface area contributed by atoms with E-state index < -0.39 is 0 Å². The number of hydrogen-bond donors (Lipinski definition) is 2. The molecule has 3 N–H and O–H groups in total. The molecule has 0 radical (unpaired) electrons. The fraction of sp³-hybridized carbons (Fsp3) is 0.917. The second-order valence-electron chi connectivity index (χ2n) is 4.68. The fourth-order valence-electron chi connectivity index (χ4n) is 2.49. The van der Waals surface area contributed by atoms with Gasteiger partial charge in [0.2, 0.25) is 5.91 Å². The van der Waals surface area contributed by atoms with E-state index >= 15 is 0 Å². The number of nitrogens with two attached hydrogens (primary N) is 1. The molecule has 1 saturated heterocycles. The Morgan fingerprint density at radius 3 is 2.75 bits per heavy atom. The van der Waals surface area contributed by atoms with Crippen LogP contribution in [0.5, 0.6) is 0 Å². The van der Waals surface area contributed by atoms with Crippen molar-refractivity contribution in [2.45, 2.75) is 39.2 Å². The van der Waals surface area contributed by atoms with E-state index in [-0.39, 0.29) is 5.91 Å². The number of unbranched alkanes of at least 4 members (excludes halogenated alkanes) is 1. The van der Waals surface area contributed by atoms with Crippen molar-refractivity contribution < 1.29 is 4.79 Å². The van der Waals surface area contributed by atoms with Crippen LogP contribution in [0, 0.1) is 5.92 Å². The molecule has 1 aliphatic heterocycles. The molecule has 2 atom stereocenters. The van der Waals surface area contributed by atoms with Gasteiger partial charge in [-0.2, -0.15) is 0 Å². The highest BCUT2D eigenvalue weighted by atomic mass is 16.1. The predicted octanol–water partition coefficient (Wildman–Crippen LogP) is 0.572. The normalized spacial score (nSPS) is 25.2. The summed E-state index contributed by atoms with van der Waals surface area (Å²) in [5.74, 6) is 0.453. The number of rotatable bonds is 7. The summed E-state index contributed by atoms with van der Waals surface area (Å²) in [5, 5.41) is 3.41. The summed E-state index contributed by atoms with van der Waals surface area (Å²) in [6, 6.07) is 0.490. The van der Waals surface area contributed by atoms with Gasteiger partial charge in [-0.05, 0) is 25.4 Å². The lowest BCUT2D eigenvalue weighted by atomic mass is 9.99. The zero-order chi connectivity index (χ0) is 12.0. The van der Waals surface area contributed by atoms with Gasteiger partial charge in [-0.15, -0.1) is 0 Å². The molecular weight excluding hydrogens is 202 g/mol. The first-order chi connectivity index (χ1) is 7.69. The molecule has 2 unspecified atom stereocenters. The Balaban J connectivity index is 2.55. The van der Waals surface area contributed by atoms with Crippen molar-refractivity contribution >= 4 is 5.91 Å². The highest BCUT2D eigenvalue weighted by molar-refractivity contribution is 5.75. The van der Waals surface area contributed by atoms with Gasteiger partial charge in [0.1, 0.15) is 0 Å². The molecule has 0 aliphatic carbocycles. The van der Waals surface area contributed by atoms with E-state index in [0.717, 1.165) is 32.5 Å². The summed E-state index contributed by atoms with van der Waals surface area (Å²) < 4.78 is 0. The van der Waals surface area contributed by atoms with E-state index in [9.17, 15) is 4.79 Å². The summed E-state index contributed by atoms with van der Waals surface area (Å²) in [7, 11) is 0. The molecule has 16 heavy (non-hydrogen) atoms. The van der Waals surface area contributed by atoms with E-state index in [1.165, 1.54) is 6.42 Å². The van der Waals surface area contributed by atoms with Crippen molar-refractivity contribution in [1.29, 1.82) is 0 Å². The van der Waals surface area contributed by atoms with Crippen molar-refractivity contribution in [1.82, 2.24) is 10.2 Å². The first-order valence-corrected chi connectivity index (χ1v) is 6.42. The topological polar surface area (TPSA) is 58.4 Å². The molecule has 4 nitrogen and oxygen atoms in total. The van der Waals surface area contributed by atoms with Gasteiger partial charge < -0.3 is 11.1 Å². The van der Waals surface area contributed by atoms with Crippen LogP contribution in [-0.4, -0.2) is 43.0 Å². The van der Waals surface area contributed by atoms with E-state index in [0.29, 0.717) is 18.5 Å².